The Balaban J connectivity index is 1.83. The number of hydrogen-bond acceptors (Lipinski definition) is 3. The fraction of sp³-hybridized carbons (Fsp3) is 0. The van der Waals surface area contributed by atoms with Gasteiger partial charge in [0.05, 0.1) is 5.56 Å². The summed E-state index contributed by atoms with van der Waals surface area (Å²) in [6, 6.07) is 18.1. The Morgan fingerprint density at radius 1 is 1.00 bits per heavy atom. The lowest BCUT2D eigenvalue weighted by Gasteiger charge is -2.11. The number of pyridine rings is 1. The van der Waals surface area contributed by atoms with Crippen LogP contribution in [0.25, 0.3) is 0 Å². The van der Waals surface area contributed by atoms with Gasteiger partial charge < -0.3 is 10.6 Å². The lowest BCUT2D eigenvalue weighted by molar-refractivity contribution is 0.102. The fourth-order valence-electron chi connectivity index (χ4n) is 2.12. The lowest BCUT2D eigenvalue weighted by Crippen LogP contribution is -2.14. The summed E-state index contributed by atoms with van der Waals surface area (Å²) in [5.41, 5.74) is 1.92. The molecule has 0 aliphatic heterocycles. The molecule has 3 aromatic rings. The average Bonchev–Trinajstić information content (AvgIpc) is 2.57. The van der Waals surface area contributed by atoms with Crippen molar-refractivity contribution in [3.05, 3.63) is 81.9 Å². The minimum absolute atomic E-state index is 0.241. The van der Waals surface area contributed by atoms with E-state index < -0.39 is 0 Å². The van der Waals surface area contributed by atoms with Gasteiger partial charge in [0, 0.05) is 27.1 Å². The van der Waals surface area contributed by atoms with Gasteiger partial charge in [0.15, 0.2) is 0 Å². The second-order valence-corrected chi connectivity index (χ2v) is 6.35. The molecule has 0 radical (unpaired) electrons. The molecule has 3 rings (SSSR count). The van der Waals surface area contributed by atoms with Crippen LogP contribution in [-0.4, -0.2) is 10.9 Å². The van der Waals surface area contributed by atoms with E-state index in [0.29, 0.717) is 22.1 Å². The maximum atomic E-state index is 12.5. The number of halogens is 2. The normalized spacial score (nSPS) is 10.2. The van der Waals surface area contributed by atoms with Crippen molar-refractivity contribution in [3.63, 3.8) is 0 Å². The van der Waals surface area contributed by atoms with Gasteiger partial charge in [-0.25, -0.2) is 4.98 Å². The highest BCUT2D eigenvalue weighted by Gasteiger charge is 2.13. The number of rotatable bonds is 4. The van der Waals surface area contributed by atoms with E-state index in [1.165, 1.54) is 0 Å². The highest BCUT2D eigenvalue weighted by molar-refractivity contribution is 9.10. The number of carbonyl (C=O) groups is 1. The summed E-state index contributed by atoms with van der Waals surface area (Å²) < 4.78 is 0.949. The maximum Gasteiger partial charge on any atom is 0.259 e. The van der Waals surface area contributed by atoms with E-state index in [2.05, 4.69) is 31.5 Å². The Morgan fingerprint density at radius 2 is 1.79 bits per heavy atom. The van der Waals surface area contributed by atoms with Crippen LogP contribution in [0.5, 0.6) is 0 Å². The fourth-order valence-corrected chi connectivity index (χ4v) is 2.58. The van der Waals surface area contributed by atoms with E-state index in [-0.39, 0.29) is 5.91 Å². The van der Waals surface area contributed by atoms with Crippen molar-refractivity contribution in [1.29, 1.82) is 0 Å². The van der Waals surface area contributed by atoms with E-state index in [1.54, 1.807) is 30.5 Å². The first-order chi connectivity index (χ1) is 11.6. The van der Waals surface area contributed by atoms with Gasteiger partial charge in [-0.1, -0.05) is 33.6 Å². The first kappa shape index (κ1) is 16.5. The molecular formula is C18H13BrClN3O. The van der Waals surface area contributed by atoms with Crippen LogP contribution in [0, 0.1) is 0 Å². The van der Waals surface area contributed by atoms with E-state index >= 15 is 0 Å². The van der Waals surface area contributed by atoms with Crippen LogP contribution in [0.3, 0.4) is 0 Å². The van der Waals surface area contributed by atoms with Crippen molar-refractivity contribution in [3.8, 4) is 0 Å². The molecule has 6 heteroatoms. The van der Waals surface area contributed by atoms with Gasteiger partial charge in [0.1, 0.15) is 5.82 Å². The summed E-state index contributed by atoms with van der Waals surface area (Å²) in [7, 11) is 0. The standard InChI is InChI=1S/C18H13BrClN3O/c19-12-6-8-14(9-7-12)23-18(24)16-5-2-10-21-17(16)22-15-4-1-3-13(20)11-15/h1-11H,(H,21,22)(H,23,24). The summed E-state index contributed by atoms with van der Waals surface area (Å²) in [6.07, 6.45) is 1.63. The highest BCUT2D eigenvalue weighted by atomic mass is 79.9. The predicted molar refractivity (Wildman–Crippen MR) is 101 cm³/mol. The number of nitrogens with one attached hydrogen (secondary N) is 2. The summed E-state index contributed by atoms with van der Waals surface area (Å²) in [5, 5.41) is 6.59. The van der Waals surface area contributed by atoms with Gasteiger partial charge in [-0.05, 0) is 54.6 Å². The number of amides is 1. The first-order valence-corrected chi connectivity index (χ1v) is 8.33. The molecule has 2 N–H and O–H groups in total. The lowest BCUT2D eigenvalue weighted by atomic mass is 10.2. The number of hydrogen-bond donors (Lipinski definition) is 2. The molecule has 0 fully saturated rings. The third kappa shape index (κ3) is 4.13. The van der Waals surface area contributed by atoms with E-state index in [1.807, 2.05) is 36.4 Å². The number of carbonyl (C=O) groups excluding carboxylic acids is 1. The Morgan fingerprint density at radius 3 is 2.54 bits per heavy atom. The number of nitrogens with zero attached hydrogens (tertiary/aromatic N) is 1. The second-order valence-electron chi connectivity index (χ2n) is 5.00. The number of aromatic nitrogens is 1. The summed E-state index contributed by atoms with van der Waals surface area (Å²) in [6.45, 7) is 0. The molecule has 120 valence electrons. The van der Waals surface area contributed by atoms with Crippen molar-refractivity contribution in [1.82, 2.24) is 4.98 Å². The van der Waals surface area contributed by atoms with E-state index in [9.17, 15) is 4.79 Å². The molecule has 0 aliphatic rings. The molecule has 1 heterocycles. The van der Waals surface area contributed by atoms with E-state index in [0.717, 1.165) is 10.2 Å². The second kappa shape index (κ2) is 7.47. The molecule has 0 aliphatic carbocycles. The molecule has 0 unspecified atom stereocenters. The zero-order valence-electron chi connectivity index (χ0n) is 12.5. The van der Waals surface area contributed by atoms with Crippen LogP contribution in [0.2, 0.25) is 5.02 Å². The topological polar surface area (TPSA) is 54.0 Å². The molecule has 0 saturated heterocycles. The summed E-state index contributed by atoms with van der Waals surface area (Å²) in [4.78, 5) is 16.8. The number of benzene rings is 2. The van der Waals surface area contributed by atoms with Crippen molar-refractivity contribution in [2.75, 3.05) is 10.6 Å². The zero-order chi connectivity index (χ0) is 16.9. The molecule has 0 spiro atoms. The minimum atomic E-state index is -0.241. The Hall–Kier alpha value is -2.37. The van der Waals surface area contributed by atoms with Crippen LogP contribution >= 0.6 is 27.5 Å². The van der Waals surface area contributed by atoms with Crippen LogP contribution in [-0.2, 0) is 0 Å². The Kier molecular flexibility index (Phi) is 5.13. The van der Waals surface area contributed by atoms with Gasteiger partial charge in [-0.15, -0.1) is 0 Å². The van der Waals surface area contributed by atoms with Gasteiger partial charge in [-0.3, -0.25) is 4.79 Å². The molecular weight excluding hydrogens is 390 g/mol. The molecule has 0 atom stereocenters. The van der Waals surface area contributed by atoms with Gasteiger partial charge >= 0.3 is 0 Å². The average molecular weight is 403 g/mol. The number of anilines is 3. The first-order valence-electron chi connectivity index (χ1n) is 7.16. The van der Waals surface area contributed by atoms with Crippen LogP contribution in [0.4, 0.5) is 17.2 Å². The Labute approximate surface area is 153 Å². The van der Waals surface area contributed by atoms with Gasteiger partial charge in [0.25, 0.3) is 5.91 Å². The van der Waals surface area contributed by atoms with Crippen LogP contribution < -0.4 is 10.6 Å². The summed E-state index contributed by atoms with van der Waals surface area (Å²) in [5.74, 6) is 0.226. The molecule has 24 heavy (non-hydrogen) atoms. The molecule has 1 aromatic heterocycles. The maximum absolute atomic E-state index is 12.5. The van der Waals surface area contributed by atoms with Gasteiger partial charge in [-0.2, -0.15) is 0 Å². The van der Waals surface area contributed by atoms with Crippen LogP contribution in [0.1, 0.15) is 10.4 Å². The van der Waals surface area contributed by atoms with Gasteiger partial charge in [0.2, 0.25) is 0 Å². The predicted octanol–water partition coefficient (Wildman–Crippen LogP) is 5.49. The third-order valence-electron chi connectivity index (χ3n) is 3.24. The van der Waals surface area contributed by atoms with Crippen molar-refractivity contribution in [2.45, 2.75) is 0 Å². The molecule has 1 amide bonds. The zero-order valence-corrected chi connectivity index (χ0v) is 14.8. The van der Waals surface area contributed by atoms with E-state index in [4.69, 9.17) is 11.6 Å². The minimum Gasteiger partial charge on any atom is -0.340 e. The largest absolute Gasteiger partial charge is 0.340 e. The monoisotopic (exact) mass is 401 g/mol. The SMILES string of the molecule is O=C(Nc1ccc(Br)cc1)c1cccnc1Nc1cccc(Cl)c1. The highest BCUT2D eigenvalue weighted by Crippen LogP contribution is 2.22. The van der Waals surface area contributed by atoms with Crippen molar-refractivity contribution in [2.24, 2.45) is 0 Å². The molecule has 4 nitrogen and oxygen atoms in total. The molecule has 0 bridgehead atoms. The smallest absolute Gasteiger partial charge is 0.259 e. The quantitative estimate of drug-likeness (QED) is 0.606. The molecule has 2 aromatic carbocycles. The van der Waals surface area contributed by atoms with Crippen LogP contribution in [0.15, 0.2) is 71.3 Å². The van der Waals surface area contributed by atoms with Crippen molar-refractivity contribution >= 4 is 50.6 Å². The van der Waals surface area contributed by atoms with Crippen molar-refractivity contribution < 1.29 is 4.79 Å². The molecule has 0 saturated carbocycles. The Bertz CT molecular complexity index is 868. The third-order valence-corrected chi connectivity index (χ3v) is 4.01. The summed E-state index contributed by atoms with van der Waals surface area (Å²) >= 11 is 9.36.